The number of amides is 8. The summed E-state index contributed by atoms with van der Waals surface area (Å²) in [5, 5.41) is 20.0. The van der Waals surface area contributed by atoms with Gasteiger partial charge in [0.15, 0.2) is 5.78 Å². The number of primary amides is 1. The summed E-state index contributed by atoms with van der Waals surface area (Å²) < 4.78 is 23.9. The number of hydrogen-bond donors (Lipinski definition) is 5. The van der Waals surface area contributed by atoms with Gasteiger partial charge in [0.2, 0.25) is 29.5 Å². The van der Waals surface area contributed by atoms with Gasteiger partial charge in [-0.2, -0.15) is 0 Å². The van der Waals surface area contributed by atoms with E-state index in [1.165, 1.54) is 30.9 Å². The summed E-state index contributed by atoms with van der Waals surface area (Å²) in [6.07, 6.45) is 5.82. The van der Waals surface area contributed by atoms with Crippen LogP contribution in [0.5, 0.6) is 5.75 Å². The number of likely N-dealkylation sites (N-methyl/N-ethyl adjacent to an activating group) is 1. The van der Waals surface area contributed by atoms with E-state index >= 15 is 0 Å². The van der Waals surface area contributed by atoms with Crippen molar-refractivity contribution in [2.24, 2.45) is 35.3 Å². The van der Waals surface area contributed by atoms with Crippen LogP contribution in [0, 0.1) is 29.6 Å². The predicted molar refractivity (Wildman–Crippen MR) is 294 cm³/mol. The highest BCUT2D eigenvalue weighted by molar-refractivity contribution is 6.35. The molecule has 21 nitrogen and oxygen atoms in total. The number of nitrogens with two attached hydrogens (primary N) is 1. The van der Waals surface area contributed by atoms with Gasteiger partial charge in [-0.3, -0.25) is 39.0 Å². The molecule has 8 unspecified atom stereocenters. The lowest BCUT2D eigenvalue weighted by Gasteiger charge is -2.41. The van der Waals surface area contributed by atoms with Crippen molar-refractivity contribution in [3.05, 3.63) is 46.5 Å². The smallest absolute Gasteiger partial charge is 0.409 e. The third-order valence-corrected chi connectivity index (χ3v) is 16.5. The fourth-order valence-electron chi connectivity index (χ4n) is 10.6. The number of rotatable bonds is 22. The molecular formula is C57H84ClN7O14. The highest BCUT2D eigenvalue weighted by Gasteiger charge is 2.64. The predicted octanol–water partition coefficient (Wildman–Crippen LogP) is 6.04. The van der Waals surface area contributed by atoms with Gasteiger partial charge in [-0.05, 0) is 76.5 Å². The molecule has 4 heterocycles. The number of likely N-dealkylation sites (tertiary alicyclic amines) is 1. The SMILES string of the molecule is COc1cc2cc(c1Cl)N(C)C(=O)CC(OC(=O)[C@H](C)N(C)C(=O)C[C@H](C(=O)N[C@@H](CCCNC(N)=O)C(=O)CCCCCCCN1C(=O)CC(C)C1=O)C(C)C)C1(C)OC1C(C)C1CC(O)(NC(=O)O1)C(C)/C=C/C=C(\C)C2. The van der Waals surface area contributed by atoms with Gasteiger partial charge in [-0.1, -0.05) is 89.3 Å². The Morgan fingerprint density at radius 3 is 2.33 bits per heavy atom. The van der Waals surface area contributed by atoms with E-state index in [4.69, 9.17) is 36.3 Å². The number of nitrogens with one attached hydrogen (secondary N) is 3. The van der Waals surface area contributed by atoms with Crippen LogP contribution in [0.2, 0.25) is 5.02 Å². The van der Waals surface area contributed by atoms with E-state index in [1.54, 1.807) is 66.8 Å². The normalized spacial score (nSPS) is 27.5. The van der Waals surface area contributed by atoms with E-state index in [0.29, 0.717) is 50.1 Å². The standard InChI is InChI=1S/C57H84ClN7O14/c1-32(2)39(51(70)61-40(21-18-23-60-54(59)73)42(66)22-15-13-12-14-16-24-65-48(69)26-34(4)52(65)71)29-46(67)63(9)37(7)53(72)78-45-30-47(68)64(10)41-27-38(28-43(76-11)49(41)58)25-33(3)19-17-20-35(5)57(75)31-44(77-55(74)62-57)36(6)50-56(45,8)79-50/h17,19-20,27-28,32,34-37,39-40,44-45,50,75H,12-16,18,21-26,29-31H2,1-11H3,(H,61,70)(H,62,74)(H3,59,60,73)/b20-17+,33-19+/t34?,35?,36?,37-,39-,40-,44?,45?,50?,56?,57?/m0/s1. The van der Waals surface area contributed by atoms with Gasteiger partial charge in [-0.25, -0.2) is 14.4 Å². The average molecular weight is 1130 g/mol. The number of fused-ring (bicyclic) bond motifs is 5. The maximum atomic E-state index is 14.5. The van der Waals surface area contributed by atoms with Crippen LogP contribution in [0.3, 0.4) is 0 Å². The van der Waals surface area contributed by atoms with Crippen LogP contribution >= 0.6 is 11.6 Å². The summed E-state index contributed by atoms with van der Waals surface area (Å²) in [6.45, 7) is 14.4. The molecule has 0 radical (unpaired) electrons. The maximum absolute atomic E-state index is 14.5. The van der Waals surface area contributed by atoms with Crippen LogP contribution in [0.25, 0.3) is 0 Å². The number of benzene rings is 1. The van der Waals surface area contributed by atoms with E-state index in [-0.39, 0.29) is 67.2 Å². The highest BCUT2D eigenvalue weighted by Crippen LogP contribution is 2.49. The number of epoxide rings is 1. The maximum Gasteiger partial charge on any atom is 0.409 e. The molecule has 0 spiro atoms. The van der Waals surface area contributed by atoms with Crippen LogP contribution in [0.1, 0.15) is 138 Å². The first-order valence-corrected chi connectivity index (χ1v) is 28.0. The lowest BCUT2D eigenvalue weighted by Crippen LogP contribution is -2.60. The Balaban J connectivity index is 1.30. The Hall–Kier alpha value is -6.06. The number of anilines is 1. The van der Waals surface area contributed by atoms with Gasteiger partial charge in [0, 0.05) is 76.5 Å². The minimum absolute atomic E-state index is 0.0118. The van der Waals surface area contributed by atoms with Gasteiger partial charge in [0.25, 0.3) is 0 Å². The number of esters is 1. The number of urea groups is 1. The van der Waals surface area contributed by atoms with E-state index in [2.05, 4.69) is 16.0 Å². The Kier molecular flexibility index (Phi) is 22.5. The molecule has 1 aromatic rings. The van der Waals surface area contributed by atoms with Crippen LogP contribution in [0.15, 0.2) is 35.9 Å². The van der Waals surface area contributed by atoms with Crippen molar-refractivity contribution >= 4 is 70.7 Å². The number of carbonyl (C=O) groups is 9. The zero-order valence-corrected chi connectivity index (χ0v) is 48.6. The number of hydrogen-bond acceptors (Lipinski definition) is 14. The summed E-state index contributed by atoms with van der Waals surface area (Å²) >= 11 is 6.84. The molecule has 3 saturated heterocycles. The number of unbranched alkanes of at least 4 members (excludes halogenated alkanes) is 4. The van der Waals surface area contributed by atoms with E-state index in [0.717, 1.165) is 28.9 Å². The van der Waals surface area contributed by atoms with Crippen molar-refractivity contribution in [1.29, 1.82) is 0 Å². The Bertz CT molecular complexity index is 2500. The van der Waals surface area contributed by atoms with E-state index in [9.17, 15) is 48.3 Å². The Morgan fingerprint density at radius 2 is 1.68 bits per heavy atom. The van der Waals surface area contributed by atoms with Crippen LogP contribution < -0.4 is 31.3 Å². The minimum Gasteiger partial charge on any atom is -0.495 e. The van der Waals surface area contributed by atoms with Gasteiger partial charge in [0.05, 0.1) is 31.4 Å². The number of halogens is 1. The molecule has 3 fully saturated rings. The van der Waals surface area contributed by atoms with Crippen molar-refractivity contribution in [1.82, 2.24) is 25.8 Å². The number of carbonyl (C=O) groups excluding carboxylic acids is 9. The lowest BCUT2D eigenvalue weighted by atomic mass is 9.82. The Morgan fingerprint density at radius 1 is 1.00 bits per heavy atom. The van der Waals surface area contributed by atoms with E-state index < -0.39 is 108 Å². The first-order chi connectivity index (χ1) is 37.1. The summed E-state index contributed by atoms with van der Waals surface area (Å²) in [7, 11) is 4.41. The van der Waals surface area contributed by atoms with E-state index in [1.807, 2.05) is 19.1 Å². The number of ketones is 1. The summed E-state index contributed by atoms with van der Waals surface area (Å²) in [5.41, 5.74) is 4.27. The molecule has 11 atom stereocenters. The van der Waals surface area contributed by atoms with Crippen LogP contribution in [0.4, 0.5) is 15.3 Å². The number of imide groups is 1. The second kappa shape index (κ2) is 27.9. The number of allylic oxidation sites excluding steroid dienone is 3. The summed E-state index contributed by atoms with van der Waals surface area (Å²) in [4.78, 5) is 123. The number of methoxy groups -OCH3 is 1. The fraction of sp³-hybridized carbons (Fsp3) is 0.667. The van der Waals surface area contributed by atoms with Gasteiger partial charge in [-0.15, -0.1) is 0 Å². The number of Topliss-reactive ketones (excluding diaryl/α,β-unsaturated/α-hetero) is 1. The number of alkyl carbamates (subject to hydrolysis) is 1. The third-order valence-electron chi connectivity index (χ3n) is 16.2. The summed E-state index contributed by atoms with van der Waals surface area (Å²) in [6, 6.07) is 0.649. The monoisotopic (exact) mass is 1130 g/mol. The molecule has 438 valence electrons. The molecular weight excluding hydrogens is 1040 g/mol. The van der Waals surface area contributed by atoms with Gasteiger partial charge >= 0.3 is 18.1 Å². The number of aliphatic hydroxyl groups is 1. The molecule has 4 aliphatic heterocycles. The molecule has 79 heavy (non-hydrogen) atoms. The zero-order chi connectivity index (χ0) is 58.7. The highest BCUT2D eigenvalue weighted by atomic mass is 35.5. The third kappa shape index (κ3) is 16.5. The molecule has 6 N–H and O–H groups in total. The first-order valence-electron chi connectivity index (χ1n) is 27.6. The molecule has 22 heteroatoms. The van der Waals surface area contributed by atoms with Crippen molar-refractivity contribution < 1.29 is 67.2 Å². The Labute approximate surface area is 469 Å². The first kappa shape index (κ1) is 63.8. The van der Waals surface area contributed by atoms with Crippen molar-refractivity contribution in [2.45, 2.75) is 181 Å². The van der Waals surface area contributed by atoms with Gasteiger partial charge in [0.1, 0.15) is 40.3 Å². The second-order valence-electron chi connectivity index (χ2n) is 22.6. The van der Waals surface area contributed by atoms with Crippen molar-refractivity contribution in [2.75, 3.05) is 39.2 Å². The zero-order valence-electron chi connectivity index (χ0n) is 47.8. The number of nitrogens with zero attached hydrogens (tertiary/aromatic N) is 3. The average Bonchev–Trinajstić information content (AvgIpc) is 4.26. The largest absolute Gasteiger partial charge is 0.495 e. The van der Waals surface area contributed by atoms with Crippen LogP contribution in [-0.2, 0) is 54.2 Å². The molecule has 4 bridgehead atoms. The molecule has 0 saturated carbocycles. The fourth-order valence-corrected chi connectivity index (χ4v) is 10.9. The number of ether oxygens (including phenoxy) is 4. The van der Waals surface area contributed by atoms with Gasteiger partial charge < -0.3 is 50.2 Å². The summed E-state index contributed by atoms with van der Waals surface area (Å²) in [5.74, 6) is -5.44. The second-order valence-corrected chi connectivity index (χ2v) is 22.9. The molecule has 1 aromatic carbocycles. The van der Waals surface area contributed by atoms with Crippen LogP contribution in [-0.4, -0.2) is 144 Å². The molecule has 0 aromatic heterocycles. The topological polar surface area (TPSA) is 286 Å². The van der Waals surface area contributed by atoms with Crippen molar-refractivity contribution in [3.63, 3.8) is 0 Å². The molecule has 0 aliphatic carbocycles. The molecule has 8 amide bonds. The lowest BCUT2D eigenvalue weighted by molar-refractivity contribution is -0.162. The molecule has 5 rings (SSSR count). The molecule has 4 aliphatic rings. The quantitative estimate of drug-likeness (QED) is 0.0383. The minimum atomic E-state index is -1.69. The van der Waals surface area contributed by atoms with Crippen molar-refractivity contribution in [3.8, 4) is 5.75 Å².